The van der Waals surface area contributed by atoms with Crippen LogP contribution < -0.4 is 14.8 Å². The van der Waals surface area contributed by atoms with Gasteiger partial charge in [-0.15, -0.1) is 0 Å². The van der Waals surface area contributed by atoms with Crippen molar-refractivity contribution in [1.82, 2.24) is 25.1 Å². The van der Waals surface area contributed by atoms with E-state index in [1.54, 1.807) is 12.0 Å². The van der Waals surface area contributed by atoms with Crippen LogP contribution in [0, 0.1) is 6.92 Å². The molecule has 3 heterocycles. The maximum absolute atomic E-state index is 13.5. The maximum Gasteiger partial charge on any atom is 0.239 e. The number of benzene rings is 3. The number of likely N-dealkylation sites (tertiary alicyclic amines) is 1. The zero-order chi connectivity index (χ0) is 32.9. The summed E-state index contributed by atoms with van der Waals surface area (Å²) in [7, 11) is 1.59. The Kier molecular flexibility index (Phi) is 9.72. The first kappa shape index (κ1) is 32.1. The molecular formula is C36H41N5O6. The summed E-state index contributed by atoms with van der Waals surface area (Å²) in [6, 6.07) is 18.8. The van der Waals surface area contributed by atoms with Gasteiger partial charge in [0.05, 0.1) is 49.9 Å². The second-order valence-electron chi connectivity index (χ2n) is 12.1. The number of aryl methyl sites for hydroxylation is 2. The standard InChI is InChI=1S/C36H41N5O6/c1-4-40-21-34(42)39-29-14-15-41(36(44)19-25-8-11-28-30(17-25)38-23(2)37-28)20-33(29)46-22-26-6-5-7-27(16-26)47-32-18-24(10-13-35(40)43)9-12-31(32)45-3/h5-9,11-12,16-18,29,33H,4,10,13-15,19-22H2,1-3H3,(H,37,38)(H,39,42)/t29-,33-/m0/s1. The van der Waals surface area contributed by atoms with Gasteiger partial charge in [-0.05, 0) is 79.8 Å². The third-order valence-corrected chi connectivity index (χ3v) is 8.79. The number of nitrogens with one attached hydrogen (secondary N) is 2. The zero-order valence-electron chi connectivity index (χ0n) is 27.1. The van der Waals surface area contributed by atoms with E-state index in [4.69, 9.17) is 14.2 Å². The molecule has 0 spiro atoms. The Morgan fingerprint density at radius 3 is 2.77 bits per heavy atom. The maximum atomic E-state index is 13.5. The second kappa shape index (κ2) is 14.3. The monoisotopic (exact) mass is 639 g/mol. The number of piperidine rings is 1. The average molecular weight is 640 g/mol. The highest BCUT2D eigenvalue weighted by molar-refractivity contribution is 5.85. The first-order valence-electron chi connectivity index (χ1n) is 16.1. The van der Waals surface area contributed by atoms with Gasteiger partial charge in [0.15, 0.2) is 11.5 Å². The minimum atomic E-state index is -0.458. The number of methoxy groups -OCH3 is 1. The number of likely N-dealkylation sites (N-methyl/N-ethyl adjacent to an activating group) is 1. The van der Waals surface area contributed by atoms with Crippen molar-refractivity contribution in [3.05, 3.63) is 83.2 Å². The number of amides is 3. The van der Waals surface area contributed by atoms with Gasteiger partial charge in [-0.3, -0.25) is 14.4 Å². The summed E-state index contributed by atoms with van der Waals surface area (Å²) >= 11 is 0. The summed E-state index contributed by atoms with van der Waals surface area (Å²) in [5.74, 6) is 2.21. The van der Waals surface area contributed by atoms with Gasteiger partial charge in [-0.25, -0.2) is 4.98 Å². The highest BCUT2D eigenvalue weighted by Gasteiger charge is 2.34. The number of hydrogen-bond donors (Lipinski definition) is 2. The summed E-state index contributed by atoms with van der Waals surface area (Å²) in [5.41, 5.74) is 4.48. The molecule has 3 amide bonds. The fraction of sp³-hybridized carbons (Fsp3) is 0.389. The number of nitrogens with zero attached hydrogens (tertiary/aromatic N) is 3. The molecule has 6 rings (SSSR count). The number of fused-ring (bicyclic) bond motifs is 6. The van der Waals surface area contributed by atoms with Gasteiger partial charge >= 0.3 is 0 Å². The van der Waals surface area contributed by atoms with E-state index in [9.17, 15) is 14.4 Å². The Labute approximate surface area is 274 Å². The number of carbonyl (C=O) groups excluding carboxylic acids is 3. The van der Waals surface area contributed by atoms with Crippen molar-refractivity contribution in [2.75, 3.05) is 33.3 Å². The Morgan fingerprint density at radius 2 is 1.94 bits per heavy atom. The van der Waals surface area contributed by atoms with Gasteiger partial charge in [0.1, 0.15) is 11.6 Å². The molecule has 2 atom stereocenters. The van der Waals surface area contributed by atoms with Gasteiger partial charge in [-0.1, -0.05) is 24.3 Å². The van der Waals surface area contributed by atoms with E-state index in [-0.39, 0.29) is 49.8 Å². The van der Waals surface area contributed by atoms with Crippen molar-refractivity contribution in [1.29, 1.82) is 0 Å². The minimum Gasteiger partial charge on any atom is -0.493 e. The number of H-pyrrole nitrogens is 1. The van der Waals surface area contributed by atoms with Crippen LogP contribution in [0.15, 0.2) is 60.7 Å². The summed E-state index contributed by atoms with van der Waals surface area (Å²) in [4.78, 5) is 51.0. The van der Waals surface area contributed by atoms with E-state index in [1.807, 2.05) is 79.4 Å². The van der Waals surface area contributed by atoms with Crippen LogP contribution >= 0.6 is 0 Å². The van der Waals surface area contributed by atoms with E-state index in [2.05, 4.69) is 15.3 Å². The number of aromatic amines is 1. The number of rotatable bonds is 4. The quantitative estimate of drug-likeness (QED) is 0.341. The van der Waals surface area contributed by atoms with Crippen molar-refractivity contribution in [2.24, 2.45) is 0 Å². The normalized spacial score (nSPS) is 19.3. The number of carbonyl (C=O) groups is 3. The lowest BCUT2D eigenvalue weighted by Crippen LogP contribution is -2.57. The molecular weight excluding hydrogens is 598 g/mol. The van der Waals surface area contributed by atoms with Crippen LogP contribution in [0.2, 0.25) is 0 Å². The molecule has 11 heteroatoms. The van der Waals surface area contributed by atoms with Gasteiger partial charge < -0.3 is 34.3 Å². The van der Waals surface area contributed by atoms with Crippen LogP contribution in [0.3, 0.4) is 0 Å². The largest absolute Gasteiger partial charge is 0.493 e. The van der Waals surface area contributed by atoms with E-state index in [1.165, 1.54) is 0 Å². The molecule has 0 radical (unpaired) electrons. The molecule has 0 saturated carbocycles. The molecule has 2 aliphatic heterocycles. The van der Waals surface area contributed by atoms with Crippen LogP contribution in [0.1, 0.15) is 42.3 Å². The van der Waals surface area contributed by atoms with Crippen molar-refractivity contribution in [3.8, 4) is 17.2 Å². The lowest BCUT2D eigenvalue weighted by Gasteiger charge is -2.39. The van der Waals surface area contributed by atoms with Gasteiger partial charge in [0.2, 0.25) is 17.7 Å². The second-order valence-corrected chi connectivity index (χ2v) is 12.1. The molecule has 47 heavy (non-hydrogen) atoms. The van der Waals surface area contributed by atoms with Crippen molar-refractivity contribution < 1.29 is 28.6 Å². The molecule has 4 bridgehead atoms. The molecule has 1 saturated heterocycles. The average Bonchev–Trinajstić information content (AvgIpc) is 3.44. The first-order chi connectivity index (χ1) is 22.8. The molecule has 1 fully saturated rings. The summed E-state index contributed by atoms with van der Waals surface area (Å²) in [5, 5.41) is 3.12. The molecule has 2 aliphatic rings. The Morgan fingerprint density at radius 1 is 1.06 bits per heavy atom. The van der Waals surface area contributed by atoms with Crippen LogP contribution in [-0.4, -0.2) is 82.9 Å². The SMILES string of the molecule is CCN1CC(=O)N[C@H]2CCN(C(=O)Cc3ccc4nc(C)[nH]c4c3)C[C@@H]2OCc2cccc(c2)Oc2cc(ccc2OC)CCC1=O. The molecule has 11 nitrogen and oxygen atoms in total. The number of imidazole rings is 1. The smallest absolute Gasteiger partial charge is 0.239 e. The number of aromatic nitrogens is 2. The summed E-state index contributed by atoms with van der Waals surface area (Å²) < 4.78 is 18.2. The lowest BCUT2D eigenvalue weighted by atomic mass is 10.00. The highest BCUT2D eigenvalue weighted by Crippen LogP contribution is 2.33. The van der Waals surface area contributed by atoms with E-state index in [0.717, 1.165) is 33.5 Å². The molecule has 0 aliphatic carbocycles. The van der Waals surface area contributed by atoms with E-state index in [0.29, 0.717) is 49.7 Å². The fourth-order valence-corrected chi connectivity index (χ4v) is 6.25. The molecule has 0 unspecified atom stereocenters. The predicted molar refractivity (Wildman–Crippen MR) is 176 cm³/mol. The van der Waals surface area contributed by atoms with E-state index >= 15 is 0 Å². The summed E-state index contributed by atoms with van der Waals surface area (Å²) in [6.07, 6.45) is 1.06. The summed E-state index contributed by atoms with van der Waals surface area (Å²) in [6.45, 7) is 5.19. The lowest BCUT2D eigenvalue weighted by molar-refractivity contribution is -0.139. The molecule has 1 aromatic heterocycles. The third-order valence-electron chi connectivity index (χ3n) is 8.79. The Hall–Kier alpha value is -4.90. The van der Waals surface area contributed by atoms with Crippen LogP contribution in [0.4, 0.5) is 0 Å². The van der Waals surface area contributed by atoms with E-state index < -0.39 is 6.10 Å². The topological polar surface area (TPSA) is 126 Å². The molecule has 2 N–H and O–H groups in total. The Bertz CT molecular complexity index is 1770. The number of hydrogen-bond acceptors (Lipinski definition) is 7. The van der Waals surface area contributed by atoms with Gasteiger partial charge in [0, 0.05) is 26.1 Å². The zero-order valence-corrected chi connectivity index (χ0v) is 27.1. The van der Waals surface area contributed by atoms with Gasteiger partial charge in [0.25, 0.3) is 0 Å². The van der Waals surface area contributed by atoms with Crippen LogP contribution in [-0.2, 0) is 38.6 Å². The molecule has 3 aromatic carbocycles. The molecule has 4 aromatic rings. The first-order valence-corrected chi connectivity index (χ1v) is 16.1. The van der Waals surface area contributed by atoms with Crippen molar-refractivity contribution in [2.45, 2.75) is 58.3 Å². The van der Waals surface area contributed by atoms with Crippen molar-refractivity contribution >= 4 is 28.8 Å². The third kappa shape index (κ3) is 7.74. The predicted octanol–water partition coefficient (Wildman–Crippen LogP) is 4.31. The van der Waals surface area contributed by atoms with Crippen LogP contribution in [0.25, 0.3) is 11.0 Å². The highest BCUT2D eigenvalue weighted by atomic mass is 16.5. The van der Waals surface area contributed by atoms with Gasteiger partial charge in [-0.2, -0.15) is 0 Å². The Balaban J connectivity index is 1.23. The minimum absolute atomic E-state index is 0.0113. The van der Waals surface area contributed by atoms with Crippen molar-refractivity contribution in [3.63, 3.8) is 0 Å². The number of ether oxygens (including phenoxy) is 3. The fourth-order valence-electron chi connectivity index (χ4n) is 6.25. The van der Waals surface area contributed by atoms with Crippen LogP contribution in [0.5, 0.6) is 17.2 Å². The molecule has 246 valence electrons.